The van der Waals surface area contributed by atoms with E-state index in [0.717, 1.165) is 0 Å². The van der Waals surface area contributed by atoms with Crippen molar-refractivity contribution in [3.05, 3.63) is 34.3 Å². The summed E-state index contributed by atoms with van der Waals surface area (Å²) in [4.78, 5) is 0. The molecule has 1 rings (SSSR count). The molecule has 0 spiro atoms. The molecule has 0 aliphatic heterocycles. The van der Waals surface area contributed by atoms with Crippen molar-refractivity contribution >= 4 is 11.6 Å². The first-order valence-corrected chi connectivity index (χ1v) is 3.41. The summed E-state index contributed by atoms with van der Waals surface area (Å²) in [6.07, 6.45) is 0. The lowest BCUT2D eigenvalue weighted by Crippen LogP contribution is -1.86. The van der Waals surface area contributed by atoms with E-state index in [1.807, 2.05) is 6.07 Å². The zero-order valence-electron chi connectivity index (χ0n) is 5.64. The first-order chi connectivity index (χ1) is 5.29. The molecule has 0 saturated carbocycles. The van der Waals surface area contributed by atoms with E-state index < -0.39 is 6.67 Å². The number of benzene rings is 1. The van der Waals surface area contributed by atoms with Crippen molar-refractivity contribution in [2.75, 3.05) is 0 Å². The quantitative estimate of drug-likeness (QED) is 0.634. The van der Waals surface area contributed by atoms with Gasteiger partial charge in [-0.3, -0.25) is 0 Å². The Kier molecular flexibility index (Phi) is 2.45. The monoisotopic (exact) mass is 169 g/mol. The Morgan fingerprint density at radius 3 is 2.73 bits per heavy atom. The van der Waals surface area contributed by atoms with Crippen molar-refractivity contribution in [1.82, 2.24) is 0 Å². The molecule has 3 heteroatoms. The summed E-state index contributed by atoms with van der Waals surface area (Å²) in [7, 11) is 0. The van der Waals surface area contributed by atoms with Gasteiger partial charge in [-0.1, -0.05) is 17.7 Å². The van der Waals surface area contributed by atoms with Crippen molar-refractivity contribution < 1.29 is 4.39 Å². The van der Waals surface area contributed by atoms with E-state index >= 15 is 0 Å². The summed E-state index contributed by atoms with van der Waals surface area (Å²) < 4.78 is 12.2. The van der Waals surface area contributed by atoms with Crippen molar-refractivity contribution in [3.63, 3.8) is 0 Å². The van der Waals surface area contributed by atoms with Crippen LogP contribution in [0.25, 0.3) is 0 Å². The molecular formula is C8H5ClFN. The Hall–Kier alpha value is -1.07. The van der Waals surface area contributed by atoms with E-state index in [9.17, 15) is 4.39 Å². The number of hydrogen-bond donors (Lipinski definition) is 0. The second-order valence-corrected chi connectivity index (χ2v) is 2.42. The molecule has 11 heavy (non-hydrogen) atoms. The first kappa shape index (κ1) is 8.03. The largest absolute Gasteiger partial charge is 0.246 e. The molecule has 0 aromatic heterocycles. The molecule has 0 unspecified atom stereocenters. The van der Waals surface area contributed by atoms with Gasteiger partial charge in [-0.15, -0.1) is 0 Å². The van der Waals surface area contributed by atoms with Crippen LogP contribution in [0.1, 0.15) is 11.1 Å². The number of nitriles is 1. The van der Waals surface area contributed by atoms with Crippen LogP contribution in [0.5, 0.6) is 0 Å². The van der Waals surface area contributed by atoms with E-state index in [-0.39, 0.29) is 5.56 Å². The number of hydrogen-bond acceptors (Lipinski definition) is 1. The zero-order valence-corrected chi connectivity index (χ0v) is 6.40. The molecule has 0 aliphatic carbocycles. The van der Waals surface area contributed by atoms with Crippen molar-refractivity contribution in [2.45, 2.75) is 6.67 Å². The summed E-state index contributed by atoms with van der Waals surface area (Å²) in [5.41, 5.74) is 0.580. The van der Waals surface area contributed by atoms with Crippen LogP contribution in [0.2, 0.25) is 5.02 Å². The third-order valence-electron chi connectivity index (χ3n) is 1.37. The van der Waals surface area contributed by atoms with Crippen LogP contribution in [0, 0.1) is 11.3 Å². The molecule has 0 atom stereocenters. The minimum atomic E-state index is -0.692. The Balaban J connectivity index is 3.27. The third-order valence-corrected chi connectivity index (χ3v) is 1.73. The summed E-state index contributed by atoms with van der Waals surface area (Å²) in [6, 6.07) is 6.60. The molecule has 0 N–H and O–H groups in total. The predicted molar refractivity (Wildman–Crippen MR) is 41.0 cm³/mol. The molecule has 1 nitrogen and oxygen atoms in total. The lowest BCUT2D eigenvalue weighted by atomic mass is 10.1. The average Bonchev–Trinajstić information content (AvgIpc) is 2.04. The van der Waals surface area contributed by atoms with Crippen LogP contribution in [-0.2, 0) is 6.67 Å². The zero-order chi connectivity index (χ0) is 8.27. The second-order valence-electron chi connectivity index (χ2n) is 2.01. The molecular weight excluding hydrogens is 165 g/mol. The normalized spacial score (nSPS) is 9.18. The maximum atomic E-state index is 12.2. The van der Waals surface area contributed by atoms with Gasteiger partial charge in [-0.25, -0.2) is 4.39 Å². The van der Waals surface area contributed by atoms with E-state index in [1.165, 1.54) is 0 Å². The molecule has 0 fully saturated rings. The van der Waals surface area contributed by atoms with Gasteiger partial charge in [-0.05, 0) is 12.1 Å². The summed E-state index contributed by atoms with van der Waals surface area (Å²) in [6.45, 7) is -0.692. The van der Waals surface area contributed by atoms with Crippen LogP contribution in [0.15, 0.2) is 18.2 Å². The SMILES string of the molecule is N#Cc1cccc(Cl)c1CF. The summed E-state index contributed by atoms with van der Waals surface area (Å²) >= 11 is 5.62. The van der Waals surface area contributed by atoms with Gasteiger partial charge in [0.15, 0.2) is 0 Å². The lowest BCUT2D eigenvalue weighted by molar-refractivity contribution is 0.485. The van der Waals surface area contributed by atoms with Crippen LogP contribution >= 0.6 is 11.6 Å². The van der Waals surface area contributed by atoms with Gasteiger partial charge in [0.1, 0.15) is 6.67 Å². The molecule has 56 valence electrons. The smallest absolute Gasteiger partial charge is 0.117 e. The Labute approximate surface area is 69.0 Å². The van der Waals surface area contributed by atoms with Crippen molar-refractivity contribution in [2.24, 2.45) is 0 Å². The molecule has 1 aromatic carbocycles. The Morgan fingerprint density at radius 1 is 1.55 bits per heavy atom. The molecule has 0 bridgehead atoms. The maximum absolute atomic E-state index is 12.2. The molecule has 0 heterocycles. The van der Waals surface area contributed by atoms with E-state index in [1.54, 1.807) is 18.2 Å². The van der Waals surface area contributed by atoms with Crippen LogP contribution in [0.3, 0.4) is 0 Å². The topological polar surface area (TPSA) is 23.8 Å². The molecule has 0 aliphatic rings. The number of rotatable bonds is 1. The van der Waals surface area contributed by atoms with E-state index in [0.29, 0.717) is 10.6 Å². The maximum Gasteiger partial charge on any atom is 0.117 e. The van der Waals surface area contributed by atoms with Gasteiger partial charge in [0.05, 0.1) is 11.6 Å². The summed E-state index contributed by atoms with van der Waals surface area (Å²) in [5.74, 6) is 0. The van der Waals surface area contributed by atoms with Crippen molar-refractivity contribution in [1.29, 1.82) is 5.26 Å². The lowest BCUT2D eigenvalue weighted by Gasteiger charge is -1.99. The van der Waals surface area contributed by atoms with Gasteiger partial charge in [0.25, 0.3) is 0 Å². The third kappa shape index (κ3) is 1.50. The Bertz CT molecular complexity index is 303. The van der Waals surface area contributed by atoms with Gasteiger partial charge in [-0.2, -0.15) is 5.26 Å². The van der Waals surface area contributed by atoms with Crippen LogP contribution in [-0.4, -0.2) is 0 Å². The highest BCUT2D eigenvalue weighted by molar-refractivity contribution is 6.31. The minimum Gasteiger partial charge on any atom is -0.246 e. The fourth-order valence-electron chi connectivity index (χ4n) is 0.799. The average molecular weight is 170 g/mol. The van der Waals surface area contributed by atoms with Gasteiger partial charge in [0, 0.05) is 10.6 Å². The van der Waals surface area contributed by atoms with Gasteiger partial charge >= 0.3 is 0 Å². The second kappa shape index (κ2) is 3.36. The molecule has 0 radical (unpaired) electrons. The number of alkyl halides is 1. The molecule has 0 amide bonds. The number of nitrogens with zero attached hydrogens (tertiary/aromatic N) is 1. The molecule has 1 aromatic rings. The number of halogens is 2. The summed E-state index contributed by atoms with van der Waals surface area (Å²) in [5, 5.41) is 8.81. The predicted octanol–water partition coefficient (Wildman–Crippen LogP) is 2.68. The van der Waals surface area contributed by atoms with E-state index in [4.69, 9.17) is 16.9 Å². The fourth-order valence-corrected chi connectivity index (χ4v) is 1.02. The fraction of sp³-hybridized carbons (Fsp3) is 0.125. The first-order valence-electron chi connectivity index (χ1n) is 3.03. The highest BCUT2D eigenvalue weighted by Crippen LogP contribution is 2.19. The standard InChI is InChI=1S/C8H5ClFN/c9-8-3-1-2-6(5-11)7(8)4-10/h1-3H,4H2. The Morgan fingerprint density at radius 2 is 2.27 bits per heavy atom. The van der Waals surface area contributed by atoms with Gasteiger partial charge < -0.3 is 0 Å². The van der Waals surface area contributed by atoms with Crippen molar-refractivity contribution in [3.8, 4) is 6.07 Å². The van der Waals surface area contributed by atoms with Gasteiger partial charge in [0.2, 0.25) is 0 Å². The minimum absolute atomic E-state index is 0.275. The molecule has 0 saturated heterocycles. The highest BCUT2D eigenvalue weighted by atomic mass is 35.5. The van der Waals surface area contributed by atoms with E-state index in [2.05, 4.69) is 0 Å². The van der Waals surface area contributed by atoms with Crippen LogP contribution < -0.4 is 0 Å². The van der Waals surface area contributed by atoms with Crippen LogP contribution in [0.4, 0.5) is 4.39 Å². The highest BCUT2D eigenvalue weighted by Gasteiger charge is 2.04.